The molecule has 0 N–H and O–H groups in total. The van der Waals surface area contributed by atoms with E-state index in [9.17, 15) is 14.0 Å². The number of halogens is 2. The minimum Gasteiger partial charge on any atom is -0.462 e. The topological polar surface area (TPSA) is 47.8 Å². The third-order valence-corrected chi connectivity index (χ3v) is 3.52. The van der Waals surface area contributed by atoms with Gasteiger partial charge in [-0.05, 0) is 38.0 Å². The quantitative estimate of drug-likeness (QED) is 0.801. The van der Waals surface area contributed by atoms with E-state index in [2.05, 4.69) is 0 Å². The van der Waals surface area contributed by atoms with Crippen LogP contribution < -0.4 is 5.56 Å². The number of rotatable bonds is 2. The molecular weight excluding hydrogens is 285 g/mol. The molecule has 106 valence electrons. The van der Waals surface area contributed by atoms with Gasteiger partial charge in [0, 0.05) is 6.20 Å². The number of ether oxygens (including phenoxy) is 1. The third-order valence-electron chi connectivity index (χ3n) is 3.06. The van der Waals surface area contributed by atoms with Crippen molar-refractivity contribution in [2.75, 3.05) is 6.61 Å². The van der Waals surface area contributed by atoms with Crippen molar-refractivity contribution in [2.24, 2.45) is 0 Å². The van der Waals surface area contributed by atoms with E-state index in [-0.39, 0.29) is 17.2 Å². The maximum absolute atomic E-state index is 13.7. The molecule has 0 radical (unpaired) electrons. The van der Waals surface area contributed by atoms with Crippen LogP contribution in [-0.2, 0) is 4.74 Å². The van der Waals surface area contributed by atoms with Gasteiger partial charge in [0.2, 0.25) is 0 Å². The van der Waals surface area contributed by atoms with Gasteiger partial charge in [-0.3, -0.25) is 9.20 Å². The highest BCUT2D eigenvalue weighted by Gasteiger charge is 2.18. The van der Waals surface area contributed by atoms with Gasteiger partial charge in [0.15, 0.2) is 5.82 Å². The summed E-state index contributed by atoms with van der Waals surface area (Å²) >= 11 is 5.85. The molecule has 0 spiro atoms. The van der Waals surface area contributed by atoms with Crippen molar-refractivity contribution in [3.05, 3.63) is 50.1 Å². The Morgan fingerprint density at radius 3 is 2.70 bits per heavy atom. The molecule has 4 nitrogen and oxygen atoms in total. The molecule has 2 heterocycles. The molecule has 0 aliphatic carbocycles. The fourth-order valence-corrected chi connectivity index (χ4v) is 2.31. The molecule has 2 aromatic heterocycles. The SMILES string of the molecule is CCOC(=O)c1cc(C)c2c(C)c(Cl)c(F)cn2c1=O. The van der Waals surface area contributed by atoms with E-state index >= 15 is 0 Å². The summed E-state index contributed by atoms with van der Waals surface area (Å²) in [7, 11) is 0. The minimum atomic E-state index is -0.719. The molecule has 6 heteroatoms. The summed E-state index contributed by atoms with van der Waals surface area (Å²) in [5.74, 6) is -1.43. The Labute approximate surface area is 119 Å². The van der Waals surface area contributed by atoms with Gasteiger partial charge < -0.3 is 4.74 Å². The number of fused-ring (bicyclic) bond motifs is 1. The molecule has 0 bridgehead atoms. The maximum Gasteiger partial charge on any atom is 0.343 e. The molecule has 0 unspecified atom stereocenters. The number of aromatic nitrogens is 1. The average Bonchev–Trinajstić information content (AvgIpc) is 2.40. The first kappa shape index (κ1) is 14.5. The Morgan fingerprint density at radius 2 is 2.10 bits per heavy atom. The molecule has 0 saturated carbocycles. The van der Waals surface area contributed by atoms with Crippen LogP contribution in [0.2, 0.25) is 5.02 Å². The lowest BCUT2D eigenvalue weighted by Gasteiger charge is -2.12. The first-order chi connectivity index (χ1) is 9.38. The van der Waals surface area contributed by atoms with Crippen LogP contribution in [0.1, 0.15) is 28.4 Å². The van der Waals surface area contributed by atoms with Gasteiger partial charge >= 0.3 is 5.97 Å². The van der Waals surface area contributed by atoms with Crippen LogP contribution in [0.4, 0.5) is 4.39 Å². The average molecular weight is 298 g/mol. The maximum atomic E-state index is 13.7. The highest BCUT2D eigenvalue weighted by molar-refractivity contribution is 6.32. The standard InChI is InChI=1S/C14H13ClFNO3/c1-4-20-14(19)9-5-7(2)12-8(3)11(15)10(16)6-17(12)13(9)18/h5-6H,4H2,1-3H3. The zero-order valence-electron chi connectivity index (χ0n) is 11.3. The number of hydrogen-bond donors (Lipinski definition) is 0. The van der Waals surface area contributed by atoms with Gasteiger partial charge in [0.25, 0.3) is 5.56 Å². The van der Waals surface area contributed by atoms with Crippen molar-refractivity contribution in [2.45, 2.75) is 20.8 Å². The lowest BCUT2D eigenvalue weighted by Crippen LogP contribution is -2.25. The minimum absolute atomic E-state index is 0.0311. The fraction of sp³-hybridized carbons (Fsp3) is 0.286. The Hall–Kier alpha value is -1.88. The van der Waals surface area contributed by atoms with E-state index < -0.39 is 17.3 Å². The summed E-state index contributed by atoms with van der Waals surface area (Å²) in [6, 6.07) is 1.44. The van der Waals surface area contributed by atoms with Crippen molar-refractivity contribution in [3.8, 4) is 0 Å². The van der Waals surface area contributed by atoms with Gasteiger partial charge in [-0.1, -0.05) is 11.6 Å². The molecule has 20 heavy (non-hydrogen) atoms. The summed E-state index contributed by atoms with van der Waals surface area (Å²) in [4.78, 5) is 24.0. The Morgan fingerprint density at radius 1 is 1.45 bits per heavy atom. The highest BCUT2D eigenvalue weighted by Crippen LogP contribution is 2.25. The van der Waals surface area contributed by atoms with E-state index in [0.717, 1.165) is 10.6 Å². The number of hydrogen-bond acceptors (Lipinski definition) is 3. The molecule has 2 rings (SSSR count). The van der Waals surface area contributed by atoms with E-state index in [4.69, 9.17) is 16.3 Å². The molecule has 0 aromatic carbocycles. The molecular formula is C14H13ClFNO3. The zero-order chi connectivity index (χ0) is 15.0. The predicted molar refractivity (Wildman–Crippen MR) is 74.1 cm³/mol. The number of pyridine rings is 2. The predicted octanol–water partition coefficient (Wildman–Crippen LogP) is 2.89. The summed E-state index contributed by atoms with van der Waals surface area (Å²) in [5, 5.41) is -0.0311. The number of esters is 1. The third kappa shape index (κ3) is 2.18. The van der Waals surface area contributed by atoms with Gasteiger partial charge in [-0.15, -0.1) is 0 Å². The second kappa shape index (κ2) is 5.25. The summed E-state index contributed by atoms with van der Waals surface area (Å²) in [6.07, 6.45) is 0.989. The number of carbonyl (C=O) groups excluding carboxylic acids is 1. The van der Waals surface area contributed by atoms with Crippen LogP contribution in [0.25, 0.3) is 5.52 Å². The van der Waals surface area contributed by atoms with Crippen LogP contribution in [-0.4, -0.2) is 17.0 Å². The molecule has 0 fully saturated rings. The number of carbonyl (C=O) groups is 1. The fourth-order valence-electron chi connectivity index (χ4n) is 2.18. The normalized spacial score (nSPS) is 10.8. The van der Waals surface area contributed by atoms with Crippen molar-refractivity contribution in [3.63, 3.8) is 0 Å². The number of aryl methyl sites for hydroxylation is 2. The van der Waals surface area contributed by atoms with Crippen LogP contribution in [0, 0.1) is 19.7 Å². The van der Waals surface area contributed by atoms with E-state index in [0.29, 0.717) is 16.6 Å². The summed E-state index contributed by atoms with van der Waals surface area (Å²) in [6.45, 7) is 5.15. The lowest BCUT2D eigenvalue weighted by atomic mass is 10.1. The second-order valence-electron chi connectivity index (χ2n) is 4.40. The molecule has 0 atom stereocenters. The zero-order valence-corrected chi connectivity index (χ0v) is 12.0. The van der Waals surface area contributed by atoms with Crippen LogP contribution in [0.5, 0.6) is 0 Å². The van der Waals surface area contributed by atoms with Crippen molar-refractivity contribution >= 4 is 23.1 Å². The molecule has 2 aromatic rings. The molecule has 0 amide bonds. The first-order valence-corrected chi connectivity index (χ1v) is 6.44. The summed E-state index contributed by atoms with van der Waals surface area (Å²) < 4.78 is 19.6. The molecule has 0 aliphatic heterocycles. The summed E-state index contributed by atoms with van der Waals surface area (Å²) in [5.41, 5.74) is 0.851. The lowest BCUT2D eigenvalue weighted by molar-refractivity contribution is 0.0524. The van der Waals surface area contributed by atoms with Crippen LogP contribution in [0.15, 0.2) is 17.1 Å². The highest BCUT2D eigenvalue weighted by atomic mass is 35.5. The molecule has 0 aliphatic rings. The first-order valence-electron chi connectivity index (χ1n) is 6.06. The Balaban J connectivity index is 2.87. The van der Waals surface area contributed by atoms with E-state index in [1.54, 1.807) is 20.8 Å². The van der Waals surface area contributed by atoms with Crippen molar-refractivity contribution in [1.82, 2.24) is 4.40 Å². The monoisotopic (exact) mass is 297 g/mol. The van der Waals surface area contributed by atoms with Gasteiger partial charge in [-0.25, -0.2) is 9.18 Å². The van der Waals surface area contributed by atoms with Crippen LogP contribution in [0.3, 0.4) is 0 Å². The Bertz CT molecular complexity index is 767. The smallest absolute Gasteiger partial charge is 0.343 e. The van der Waals surface area contributed by atoms with Gasteiger partial charge in [0.1, 0.15) is 5.56 Å². The van der Waals surface area contributed by atoms with Crippen molar-refractivity contribution in [1.29, 1.82) is 0 Å². The van der Waals surface area contributed by atoms with Gasteiger partial charge in [0.05, 0.1) is 17.1 Å². The van der Waals surface area contributed by atoms with Gasteiger partial charge in [-0.2, -0.15) is 0 Å². The van der Waals surface area contributed by atoms with E-state index in [1.165, 1.54) is 6.07 Å². The second-order valence-corrected chi connectivity index (χ2v) is 4.78. The van der Waals surface area contributed by atoms with E-state index in [1.807, 2.05) is 0 Å². The number of nitrogens with zero attached hydrogens (tertiary/aromatic N) is 1. The Kier molecular flexibility index (Phi) is 3.81. The van der Waals surface area contributed by atoms with Crippen molar-refractivity contribution < 1.29 is 13.9 Å². The molecule has 0 saturated heterocycles. The van der Waals surface area contributed by atoms with Crippen LogP contribution >= 0.6 is 11.6 Å². The largest absolute Gasteiger partial charge is 0.462 e.